The molecule has 0 amide bonds. The highest BCUT2D eigenvalue weighted by Gasteiger charge is 2.48. The predicted octanol–water partition coefficient (Wildman–Crippen LogP) is 2.05. The number of aliphatic hydroxyl groups excluding tert-OH is 2. The minimum atomic E-state index is -1.92. The van der Waals surface area contributed by atoms with Crippen molar-refractivity contribution in [3.05, 3.63) is 0 Å². The molecular formula is C16H34O5Si. The summed E-state index contributed by atoms with van der Waals surface area (Å²) in [5.41, 5.74) is -2.02. The molecule has 0 aromatic rings. The van der Waals surface area contributed by atoms with Gasteiger partial charge < -0.3 is 24.5 Å². The molecule has 0 bridgehead atoms. The van der Waals surface area contributed by atoms with Crippen LogP contribution in [0, 0.1) is 0 Å². The summed E-state index contributed by atoms with van der Waals surface area (Å²) in [6.45, 7) is 14.1. The van der Waals surface area contributed by atoms with Gasteiger partial charge in [0.05, 0.1) is 24.9 Å². The lowest BCUT2D eigenvalue weighted by Crippen LogP contribution is -2.50. The van der Waals surface area contributed by atoms with Crippen LogP contribution in [0.2, 0.25) is 18.1 Å². The lowest BCUT2D eigenvalue weighted by atomic mass is 9.93. The molecule has 3 N–H and O–H groups in total. The molecule has 22 heavy (non-hydrogen) atoms. The molecule has 4 atom stereocenters. The highest BCUT2D eigenvalue weighted by Crippen LogP contribution is 2.40. The standard InChI is InChI=1S/C16H34O5Si/c1-14(2,3)22(6,7)20-10-12(18)16(5)9-8-13(21-16)15(4,19)11-17/h12-13,17-19H,8-11H2,1-7H3/t12-,13+,15-,16-/m1/s1. The second-order valence-electron chi connectivity index (χ2n) is 8.56. The monoisotopic (exact) mass is 334 g/mol. The first kappa shape index (κ1) is 20.1. The van der Waals surface area contributed by atoms with Crippen LogP contribution < -0.4 is 0 Å². The fraction of sp³-hybridized carbons (Fsp3) is 1.00. The van der Waals surface area contributed by atoms with E-state index in [2.05, 4.69) is 33.9 Å². The third-order valence-electron chi connectivity index (χ3n) is 5.44. The first-order valence-corrected chi connectivity index (χ1v) is 11.0. The summed E-state index contributed by atoms with van der Waals surface area (Å²) in [5.74, 6) is 0. The van der Waals surface area contributed by atoms with Crippen LogP contribution in [0.3, 0.4) is 0 Å². The van der Waals surface area contributed by atoms with Crippen molar-refractivity contribution in [2.75, 3.05) is 13.2 Å². The molecule has 0 aromatic heterocycles. The summed E-state index contributed by atoms with van der Waals surface area (Å²) in [7, 11) is -1.92. The molecule has 5 nitrogen and oxygen atoms in total. The average Bonchev–Trinajstić information content (AvgIpc) is 2.79. The molecule has 0 aliphatic carbocycles. The van der Waals surface area contributed by atoms with E-state index in [0.717, 1.165) is 0 Å². The van der Waals surface area contributed by atoms with Gasteiger partial charge in [-0.2, -0.15) is 0 Å². The maximum absolute atomic E-state index is 10.5. The number of rotatable bonds is 6. The van der Waals surface area contributed by atoms with Crippen molar-refractivity contribution in [3.8, 4) is 0 Å². The normalized spacial score (nSPS) is 31.1. The lowest BCUT2D eigenvalue weighted by Gasteiger charge is -2.39. The molecule has 0 radical (unpaired) electrons. The SMILES string of the molecule is CC(C)(C)[Si](C)(C)OC[C@@H](O)[C@@]1(C)CC[C@@H]([C@](C)(O)CO)O1. The van der Waals surface area contributed by atoms with E-state index >= 15 is 0 Å². The predicted molar refractivity (Wildman–Crippen MR) is 89.4 cm³/mol. The van der Waals surface area contributed by atoms with Gasteiger partial charge in [0.2, 0.25) is 0 Å². The largest absolute Gasteiger partial charge is 0.414 e. The van der Waals surface area contributed by atoms with Gasteiger partial charge in [-0.3, -0.25) is 0 Å². The van der Waals surface area contributed by atoms with Gasteiger partial charge in [-0.25, -0.2) is 0 Å². The van der Waals surface area contributed by atoms with Crippen molar-refractivity contribution in [2.45, 2.75) is 89.0 Å². The number of aliphatic hydroxyl groups is 3. The van der Waals surface area contributed by atoms with E-state index in [0.29, 0.717) is 12.8 Å². The van der Waals surface area contributed by atoms with Crippen molar-refractivity contribution in [1.82, 2.24) is 0 Å². The van der Waals surface area contributed by atoms with Crippen LogP contribution in [0.15, 0.2) is 0 Å². The summed E-state index contributed by atoms with van der Waals surface area (Å²) < 4.78 is 12.0. The Morgan fingerprint density at radius 1 is 1.32 bits per heavy atom. The minimum absolute atomic E-state index is 0.0905. The van der Waals surface area contributed by atoms with Crippen molar-refractivity contribution in [1.29, 1.82) is 0 Å². The number of hydrogen-bond acceptors (Lipinski definition) is 5. The van der Waals surface area contributed by atoms with Gasteiger partial charge in [0.1, 0.15) is 11.7 Å². The van der Waals surface area contributed by atoms with E-state index in [1.165, 1.54) is 0 Å². The van der Waals surface area contributed by atoms with E-state index in [1.54, 1.807) is 6.92 Å². The Hall–Kier alpha value is 0.0169. The van der Waals surface area contributed by atoms with Gasteiger partial charge in [0.25, 0.3) is 0 Å². The molecule has 1 heterocycles. The lowest BCUT2D eigenvalue weighted by molar-refractivity contribution is -0.172. The average molecular weight is 335 g/mol. The van der Waals surface area contributed by atoms with Gasteiger partial charge in [-0.05, 0) is 44.8 Å². The first-order valence-electron chi connectivity index (χ1n) is 8.08. The van der Waals surface area contributed by atoms with Crippen LogP contribution in [0.5, 0.6) is 0 Å². The Labute approximate surface area is 135 Å². The highest BCUT2D eigenvalue weighted by molar-refractivity contribution is 6.74. The van der Waals surface area contributed by atoms with E-state index in [-0.39, 0.29) is 18.3 Å². The summed E-state index contributed by atoms with van der Waals surface area (Å²) in [6.07, 6.45) is 0.0305. The quantitative estimate of drug-likeness (QED) is 0.648. The van der Waals surface area contributed by atoms with Crippen molar-refractivity contribution in [3.63, 3.8) is 0 Å². The minimum Gasteiger partial charge on any atom is -0.414 e. The molecule has 6 heteroatoms. The van der Waals surface area contributed by atoms with Crippen LogP contribution in [0.25, 0.3) is 0 Å². The molecule has 0 spiro atoms. The summed E-state index contributed by atoms with van der Waals surface area (Å²) >= 11 is 0. The molecule has 0 unspecified atom stereocenters. The Balaban J connectivity index is 2.65. The zero-order valence-electron chi connectivity index (χ0n) is 15.1. The van der Waals surface area contributed by atoms with E-state index in [9.17, 15) is 15.3 Å². The van der Waals surface area contributed by atoms with Crippen LogP contribution in [-0.4, -0.2) is 60.3 Å². The fourth-order valence-electron chi connectivity index (χ4n) is 2.33. The van der Waals surface area contributed by atoms with Gasteiger partial charge >= 0.3 is 0 Å². The second-order valence-corrected chi connectivity index (χ2v) is 13.4. The molecule has 1 fully saturated rings. The van der Waals surface area contributed by atoms with Gasteiger partial charge in [-0.1, -0.05) is 20.8 Å². The summed E-state index contributed by atoms with van der Waals surface area (Å²) in [4.78, 5) is 0. The van der Waals surface area contributed by atoms with Gasteiger partial charge in [0.15, 0.2) is 8.32 Å². The second kappa shape index (κ2) is 6.49. The molecule has 0 aromatic carbocycles. The number of ether oxygens (including phenoxy) is 1. The first-order chi connectivity index (χ1) is 9.75. The van der Waals surface area contributed by atoms with Crippen molar-refractivity contribution < 1.29 is 24.5 Å². The zero-order chi connectivity index (χ0) is 17.4. The maximum atomic E-state index is 10.5. The molecule has 1 rings (SSSR count). The molecule has 132 valence electrons. The highest BCUT2D eigenvalue weighted by atomic mass is 28.4. The van der Waals surface area contributed by atoms with Crippen LogP contribution in [0.1, 0.15) is 47.5 Å². The van der Waals surface area contributed by atoms with E-state index in [4.69, 9.17) is 9.16 Å². The third kappa shape index (κ3) is 4.30. The van der Waals surface area contributed by atoms with Crippen LogP contribution in [0.4, 0.5) is 0 Å². The van der Waals surface area contributed by atoms with Gasteiger partial charge in [-0.15, -0.1) is 0 Å². The maximum Gasteiger partial charge on any atom is 0.192 e. The van der Waals surface area contributed by atoms with E-state index in [1.807, 2.05) is 6.92 Å². The van der Waals surface area contributed by atoms with Gasteiger partial charge in [0, 0.05) is 0 Å². The molecule has 1 aliphatic rings. The molecule has 1 saturated heterocycles. The van der Waals surface area contributed by atoms with Crippen molar-refractivity contribution in [2.24, 2.45) is 0 Å². The Kier molecular flexibility index (Phi) is 5.92. The molecule has 1 aliphatic heterocycles. The Bertz CT molecular complexity index is 377. The molecular weight excluding hydrogens is 300 g/mol. The third-order valence-corrected chi connectivity index (χ3v) is 9.94. The van der Waals surface area contributed by atoms with E-state index < -0.39 is 31.7 Å². The molecule has 0 saturated carbocycles. The Morgan fingerprint density at radius 2 is 1.86 bits per heavy atom. The Morgan fingerprint density at radius 3 is 2.32 bits per heavy atom. The summed E-state index contributed by atoms with van der Waals surface area (Å²) in [6, 6.07) is 0. The topological polar surface area (TPSA) is 79.2 Å². The smallest absolute Gasteiger partial charge is 0.192 e. The van der Waals surface area contributed by atoms with Crippen LogP contribution in [-0.2, 0) is 9.16 Å². The fourth-order valence-corrected chi connectivity index (χ4v) is 3.33. The van der Waals surface area contributed by atoms with Crippen LogP contribution >= 0.6 is 0 Å². The zero-order valence-corrected chi connectivity index (χ0v) is 16.1. The summed E-state index contributed by atoms with van der Waals surface area (Å²) in [5, 5.41) is 30.0. The number of hydrogen-bond donors (Lipinski definition) is 3. The van der Waals surface area contributed by atoms with Crippen molar-refractivity contribution >= 4 is 8.32 Å².